The van der Waals surface area contributed by atoms with E-state index in [0.717, 1.165) is 32.1 Å². The lowest BCUT2D eigenvalue weighted by atomic mass is 9.46. The summed E-state index contributed by atoms with van der Waals surface area (Å²) in [4.78, 5) is 29.6. The van der Waals surface area contributed by atoms with E-state index in [4.69, 9.17) is 40.4 Å². The summed E-state index contributed by atoms with van der Waals surface area (Å²) < 4.78 is 21.9. The van der Waals surface area contributed by atoms with Crippen molar-refractivity contribution < 1.29 is 33.4 Å². The number of hydrogen-bond donors (Lipinski definition) is 2. The average Bonchev–Trinajstić information content (AvgIpc) is 2.52. The number of alkyl halides is 1. The van der Waals surface area contributed by atoms with Crippen LogP contribution in [0.4, 0.5) is 0 Å². The van der Waals surface area contributed by atoms with Crippen molar-refractivity contribution in [3.63, 3.8) is 0 Å². The third-order valence-electron chi connectivity index (χ3n) is 6.86. The topological polar surface area (TPSA) is 94.5 Å². The fraction of sp³-hybridized carbons (Fsp3) is 0.667. The largest absolute Gasteiger partial charge is 0.524 e. The Morgan fingerprint density at radius 3 is 2.41 bits per heavy atom. The number of phosphoric ester groups is 1. The molecule has 1 aliphatic heterocycles. The van der Waals surface area contributed by atoms with Crippen LogP contribution in [0.15, 0.2) is 24.3 Å². The smallest absolute Gasteiger partial charge is 0.404 e. The van der Waals surface area contributed by atoms with E-state index in [1.807, 2.05) is 6.07 Å². The van der Waals surface area contributed by atoms with Gasteiger partial charge in [0.2, 0.25) is 0 Å². The monoisotopic (exact) mass is 416 g/mol. The molecule has 6 atom stereocenters. The molecule has 4 bridgehead atoms. The summed E-state index contributed by atoms with van der Waals surface area (Å²) in [5.41, 5.74) is -0.0176. The predicted octanol–water partition coefficient (Wildman–Crippen LogP) is 3.48. The number of halogens is 1. The molecule has 7 nitrogen and oxygen atoms in total. The van der Waals surface area contributed by atoms with E-state index in [0.29, 0.717) is 11.5 Å². The second-order valence-corrected chi connectivity index (χ2v) is 10.4. The molecule has 27 heavy (non-hydrogen) atoms. The highest BCUT2D eigenvalue weighted by atomic mass is 35.5. The van der Waals surface area contributed by atoms with Gasteiger partial charge in [-0.25, -0.2) is 9.45 Å². The van der Waals surface area contributed by atoms with Crippen LogP contribution >= 0.6 is 19.4 Å². The highest BCUT2D eigenvalue weighted by Gasteiger charge is 2.78. The number of ether oxygens (including phenoxy) is 1. The van der Waals surface area contributed by atoms with Crippen molar-refractivity contribution in [2.24, 2.45) is 17.8 Å². The first-order chi connectivity index (χ1) is 12.7. The molecule has 5 fully saturated rings. The van der Waals surface area contributed by atoms with Crippen molar-refractivity contribution in [3.05, 3.63) is 29.8 Å². The van der Waals surface area contributed by atoms with Crippen molar-refractivity contribution in [3.8, 4) is 5.75 Å². The standard InChI is InChI=1S/C18H22ClO7P/c1-23-18(12-3-2-4-15(7-12)24-27(20,21)22)17(25-26-18)13-5-11-6-14(17)10-16(19,8-11)9-13/h2-4,7,11,13-14H,5-6,8-10H2,1H3,(H2,20,21,22)/t11?,13-,14+,16?,17?,18?. The maximum absolute atomic E-state index is 11.2. The Labute approximate surface area is 162 Å². The zero-order chi connectivity index (χ0) is 19.1. The van der Waals surface area contributed by atoms with Crippen LogP contribution in [0, 0.1) is 17.8 Å². The molecule has 4 aliphatic carbocycles. The molecule has 9 heteroatoms. The van der Waals surface area contributed by atoms with E-state index < -0.39 is 19.2 Å². The van der Waals surface area contributed by atoms with Gasteiger partial charge in [-0.1, -0.05) is 12.1 Å². The Balaban J connectivity index is 1.56. The normalized spacial score (nSPS) is 45.1. The van der Waals surface area contributed by atoms with Crippen molar-refractivity contribution in [1.82, 2.24) is 0 Å². The maximum atomic E-state index is 11.2. The molecule has 4 unspecified atom stereocenters. The van der Waals surface area contributed by atoms with E-state index in [9.17, 15) is 4.57 Å². The second-order valence-electron chi connectivity index (χ2n) is 8.38. The molecule has 2 N–H and O–H groups in total. The molecule has 0 amide bonds. The fourth-order valence-electron chi connectivity index (χ4n) is 6.24. The van der Waals surface area contributed by atoms with Gasteiger partial charge in [-0.05, 0) is 62.0 Å². The minimum atomic E-state index is -4.66. The SMILES string of the molecule is COC1(c2cccc(OP(=O)(O)O)c2)OOC12[C@@H]1CC3C[C@H]2CC(Cl)(C3)C1. The Morgan fingerprint density at radius 1 is 1.19 bits per heavy atom. The van der Waals surface area contributed by atoms with Gasteiger partial charge in [-0.3, -0.25) is 9.79 Å². The molecular weight excluding hydrogens is 395 g/mol. The first-order valence-corrected chi connectivity index (χ1v) is 11.1. The first kappa shape index (κ1) is 18.4. The van der Waals surface area contributed by atoms with Gasteiger partial charge in [0.25, 0.3) is 5.79 Å². The maximum Gasteiger partial charge on any atom is 0.524 e. The summed E-state index contributed by atoms with van der Waals surface area (Å²) in [7, 11) is -3.09. The minimum Gasteiger partial charge on any atom is -0.404 e. The molecule has 1 spiro atoms. The van der Waals surface area contributed by atoms with Crippen LogP contribution in [0.2, 0.25) is 0 Å². The van der Waals surface area contributed by atoms with Crippen LogP contribution < -0.4 is 4.52 Å². The fourth-order valence-corrected chi connectivity index (χ4v) is 7.22. The molecule has 0 radical (unpaired) electrons. The highest BCUT2D eigenvalue weighted by Crippen LogP contribution is 2.71. The summed E-state index contributed by atoms with van der Waals surface area (Å²) in [6.45, 7) is 0. The molecule has 148 valence electrons. The van der Waals surface area contributed by atoms with Crippen LogP contribution in [-0.4, -0.2) is 27.4 Å². The van der Waals surface area contributed by atoms with Gasteiger partial charge in [-0.2, -0.15) is 4.89 Å². The summed E-state index contributed by atoms with van der Waals surface area (Å²) >= 11 is 6.88. The van der Waals surface area contributed by atoms with Crippen LogP contribution in [0.3, 0.4) is 0 Å². The van der Waals surface area contributed by atoms with Gasteiger partial charge in [-0.15, -0.1) is 11.6 Å². The van der Waals surface area contributed by atoms with Gasteiger partial charge in [0, 0.05) is 17.5 Å². The van der Waals surface area contributed by atoms with Crippen molar-refractivity contribution >= 4 is 19.4 Å². The van der Waals surface area contributed by atoms with Gasteiger partial charge < -0.3 is 9.26 Å². The Bertz CT molecular complexity index is 806. The lowest BCUT2D eigenvalue weighted by molar-refractivity contribution is -0.645. The van der Waals surface area contributed by atoms with Crippen LogP contribution in [0.25, 0.3) is 0 Å². The Kier molecular flexibility index (Phi) is 3.88. The molecule has 1 aromatic carbocycles. The number of methoxy groups -OCH3 is 1. The second kappa shape index (κ2) is 5.70. The van der Waals surface area contributed by atoms with Crippen molar-refractivity contribution in [2.45, 2.75) is 48.4 Å². The van der Waals surface area contributed by atoms with Crippen LogP contribution in [0.5, 0.6) is 5.75 Å². The molecule has 1 saturated heterocycles. The van der Waals surface area contributed by atoms with E-state index in [-0.39, 0.29) is 22.5 Å². The average molecular weight is 417 g/mol. The van der Waals surface area contributed by atoms with E-state index in [1.54, 1.807) is 19.2 Å². The van der Waals surface area contributed by atoms with Crippen LogP contribution in [-0.2, 0) is 24.9 Å². The first-order valence-electron chi connectivity index (χ1n) is 9.16. The van der Waals surface area contributed by atoms with Crippen LogP contribution in [0.1, 0.15) is 37.7 Å². The predicted molar refractivity (Wildman–Crippen MR) is 94.8 cm³/mol. The van der Waals surface area contributed by atoms with E-state index in [2.05, 4.69) is 0 Å². The lowest BCUT2D eigenvalue weighted by Gasteiger charge is -2.70. The Hall–Kier alpha value is -0.660. The van der Waals surface area contributed by atoms with Gasteiger partial charge in [0.1, 0.15) is 5.75 Å². The summed E-state index contributed by atoms with van der Waals surface area (Å²) in [6, 6.07) is 6.51. The summed E-state index contributed by atoms with van der Waals surface area (Å²) in [5.74, 6) is -0.0613. The zero-order valence-electron chi connectivity index (χ0n) is 14.8. The van der Waals surface area contributed by atoms with Gasteiger partial charge in [0.15, 0.2) is 5.60 Å². The van der Waals surface area contributed by atoms with E-state index in [1.165, 1.54) is 6.07 Å². The van der Waals surface area contributed by atoms with Crippen molar-refractivity contribution in [2.75, 3.05) is 7.11 Å². The summed E-state index contributed by atoms with van der Waals surface area (Å²) in [6.07, 6.45) is 4.82. The number of phosphoric acid groups is 1. The minimum absolute atomic E-state index is 0.0561. The van der Waals surface area contributed by atoms with Gasteiger partial charge in [0.05, 0.1) is 0 Å². The van der Waals surface area contributed by atoms with Gasteiger partial charge >= 0.3 is 7.82 Å². The quantitative estimate of drug-likeness (QED) is 0.441. The molecule has 1 heterocycles. The molecular formula is C18H22ClO7P. The zero-order valence-corrected chi connectivity index (χ0v) is 16.5. The number of benzene rings is 1. The summed E-state index contributed by atoms with van der Waals surface area (Å²) in [5, 5.41) is 0. The highest BCUT2D eigenvalue weighted by molar-refractivity contribution is 7.46. The third kappa shape index (κ3) is 2.50. The molecule has 4 saturated carbocycles. The third-order valence-corrected chi connectivity index (χ3v) is 7.78. The Morgan fingerprint density at radius 2 is 1.89 bits per heavy atom. The number of hydrogen-bond acceptors (Lipinski definition) is 5. The molecule has 1 aromatic rings. The molecule has 0 aromatic heterocycles. The molecule has 5 aliphatic rings. The van der Waals surface area contributed by atoms with Crippen molar-refractivity contribution in [1.29, 1.82) is 0 Å². The lowest BCUT2D eigenvalue weighted by Crippen LogP contribution is -2.78. The number of rotatable bonds is 4. The van der Waals surface area contributed by atoms with E-state index >= 15 is 0 Å². The molecule has 6 rings (SSSR count).